The molecule has 0 fully saturated rings. The molecule has 3 aromatic rings. The van der Waals surface area contributed by atoms with Crippen LogP contribution in [0.1, 0.15) is 22.8 Å². The lowest BCUT2D eigenvalue weighted by Crippen LogP contribution is -2.07. The maximum Gasteiger partial charge on any atom is 0.188 e. The number of fused-ring (bicyclic) bond motifs is 1. The number of hydrogen-bond acceptors (Lipinski definition) is 5. The molecule has 0 unspecified atom stereocenters. The number of benzene rings is 2. The summed E-state index contributed by atoms with van der Waals surface area (Å²) in [6.45, 7) is 5.15. The van der Waals surface area contributed by atoms with E-state index in [-0.39, 0.29) is 24.6 Å². The van der Waals surface area contributed by atoms with Crippen molar-refractivity contribution in [2.45, 2.75) is 13.3 Å². The summed E-state index contributed by atoms with van der Waals surface area (Å²) >= 11 is 0. The molecule has 24 heavy (non-hydrogen) atoms. The first-order valence-corrected chi connectivity index (χ1v) is 7.50. The number of nitrogens with zero attached hydrogens (tertiary/aromatic N) is 3. The van der Waals surface area contributed by atoms with Crippen LogP contribution in [0.2, 0.25) is 0 Å². The van der Waals surface area contributed by atoms with Crippen molar-refractivity contribution in [3.8, 4) is 11.4 Å². The lowest BCUT2D eigenvalue weighted by molar-refractivity contribution is 0.103. The molecule has 1 aromatic heterocycles. The summed E-state index contributed by atoms with van der Waals surface area (Å²) < 4.78 is 0. The monoisotopic (exact) mass is 323 g/mol. The zero-order chi connectivity index (χ0) is 17.3. The van der Waals surface area contributed by atoms with E-state index in [2.05, 4.69) is 16.8 Å². The number of aliphatic hydroxyl groups excluding tert-OH is 1. The molecule has 6 heteroatoms. The van der Waals surface area contributed by atoms with Gasteiger partial charge in [-0.3, -0.25) is 4.79 Å². The fourth-order valence-electron chi connectivity index (χ4n) is 2.49. The van der Waals surface area contributed by atoms with Crippen molar-refractivity contribution in [2.75, 3.05) is 6.61 Å². The average Bonchev–Trinajstić information content (AvgIpc) is 2.99. The van der Waals surface area contributed by atoms with Crippen molar-refractivity contribution in [1.82, 2.24) is 15.0 Å². The van der Waals surface area contributed by atoms with E-state index in [4.69, 9.17) is 0 Å². The van der Waals surface area contributed by atoms with Gasteiger partial charge in [0.25, 0.3) is 0 Å². The molecule has 0 saturated carbocycles. The zero-order valence-corrected chi connectivity index (χ0v) is 13.2. The molecule has 122 valence electrons. The van der Waals surface area contributed by atoms with Gasteiger partial charge in [-0.1, -0.05) is 18.7 Å². The van der Waals surface area contributed by atoms with E-state index in [1.807, 2.05) is 24.3 Å². The van der Waals surface area contributed by atoms with E-state index in [1.54, 1.807) is 13.0 Å². The number of ketones is 1. The fourth-order valence-corrected chi connectivity index (χ4v) is 2.49. The van der Waals surface area contributed by atoms with Crippen molar-refractivity contribution in [3.05, 3.63) is 59.7 Å². The number of Topliss-reactive ketones (excluding diaryl/α,β-unsaturated/α-hetero) is 1. The molecule has 3 rings (SSSR count). The summed E-state index contributed by atoms with van der Waals surface area (Å²) in [5, 5.41) is 28.4. The van der Waals surface area contributed by atoms with E-state index < -0.39 is 0 Å². The second kappa shape index (κ2) is 6.25. The van der Waals surface area contributed by atoms with Crippen LogP contribution < -0.4 is 0 Å². The SMILES string of the molecule is C=C(C)C(=O)c1cc(CCO)c(O)c(-n2nc3ccccc3n2)c1. The molecule has 0 saturated heterocycles. The molecular weight excluding hydrogens is 306 g/mol. The van der Waals surface area contributed by atoms with Crippen LogP contribution in [0.4, 0.5) is 0 Å². The minimum absolute atomic E-state index is 0.0531. The highest BCUT2D eigenvalue weighted by atomic mass is 16.3. The predicted octanol–water partition coefficient (Wildman–Crippen LogP) is 2.42. The normalized spacial score (nSPS) is 10.9. The molecule has 0 aliphatic heterocycles. The Hall–Kier alpha value is -2.99. The van der Waals surface area contributed by atoms with Gasteiger partial charge in [-0.15, -0.1) is 15.0 Å². The molecular formula is C18H17N3O3. The molecule has 0 aliphatic carbocycles. The Balaban J connectivity index is 2.21. The maximum atomic E-state index is 12.3. The molecule has 0 radical (unpaired) electrons. The van der Waals surface area contributed by atoms with Crippen LogP contribution in [0.5, 0.6) is 5.75 Å². The highest BCUT2D eigenvalue weighted by Gasteiger charge is 2.17. The number of carbonyl (C=O) groups is 1. The van der Waals surface area contributed by atoms with Crippen LogP contribution in [0, 0.1) is 0 Å². The fraction of sp³-hybridized carbons (Fsp3) is 0.167. The molecule has 0 spiro atoms. The van der Waals surface area contributed by atoms with Gasteiger partial charge in [-0.05, 0) is 48.7 Å². The van der Waals surface area contributed by atoms with Crippen LogP contribution in [-0.4, -0.2) is 37.6 Å². The van der Waals surface area contributed by atoms with Crippen molar-refractivity contribution in [1.29, 1.82) is 0 Å². The highest BCUT2D eigenvalue weighted by Crippen LogP contribution is 2.29. The number of allylic oxidation sites excluding steroid dienone is 1. The van der Waals surface area contributed by atoms with E-state index in [1.165, 1.54) is 10.9 Å². The second-order valence-corrected chi connectivity index (χ2v) is 5.56. The summed E-state index contributed by atoms with van der Waals surface area (Å²) in [5.74, 6) is -0.283. The van der Waals surface area contributed by atoms with Crippen LogP contribution in [0.25, 0.3) is 16.7 Å². The summed E-state index contributed by atoms with van der Waals surface area (Å²) in [4.78, 5) is 13.6. The Morgan fingerprint density at radius 1 is 1.21 bits per heavy atom. The van der Waals surface area contributed by atoms with Crippen LogP contribution in [-0.2, 0) is 6.42 Å². The van der Waals surface area contributed by atoms with Gasteiger partial charge < -0.3 is 10.2 Å². The van der Waals surface area contributed by atoms with Gasteiger partial charge in [-0.2, -0.15) is 0 Å². The quantitative estimate of drug-likeness (QED) is 0.556. The number of phenolic OH excluding ortho intramolecular Hbond substituents is 1. The molecule has 0 bridgehead atoms. The third kappa shape index (κ3) is 2.79. The first kappa shape index (κ1) is 15.9. The van der Waals surface area contributed by atoms with Gasteiger partial charge in [0.05, 0.1) is 0 Å². The third-order valence-electron chi connectivity index (χ3n) is 3.70. The number of carbonyl (C=O) groups excluding carboxylic acids is 1. The average molecular weight is 323 g/mol. The Kier molecular flexibility index (Phi) is 4.14. The Labute approximate surface area is 138 Å². The van der Waals surface area contributed by atoms with Crippen LogP contribution in [0.15, 0.2) is 48.6 Å². The smallest absolute Gasteiger partial charge is 0.188 e. The van der Waals surface area contributed by atoms with Crippen molar-refractivity contribution in [2.24, 2.45) is 0 Å². The first-order valence-electron chi connectivity index (χ1n) is 7.50. The summed E-state index contributed by atoms with van der Waals surface area (Å²) in [6.07, 6.45) is 0.219. The lowest BCUT2D eigenvalue weighted by Gasteiger charge is -2.11. The standard InChI is InChI=1S/C18H17N3O3/c1-11(2)17(23)13-9-12(7-8-22)18(24)16(10-13)21-19-14-5-3-4-6-15(14)20-21/h3-6,9-10,22,24H,1,7-8H2,2H3. The summed E-state index contributed by atoms with van der Waals surface area (Å²) in [6, 6.07) is 10.4. The number of phenols is 1. The largest absolute Gasteiger partial charge is 0.505 e. The summed E-state index contributed by atoms with van der Waals surface area (Å²) in [7, 11) is 0. The Bertz CT molecular complexity index is 911. The molecule has 0 aliphatic rings. The maximum absolute atomic E-state index is 12.3. The van der Waals surface area contributed by atoms with Crippen molar-refractivity contribution >= 4 is 16.8 Å². The topological polar surface area (TPSA) is 88.2 Å². The van der Waals surface area contributed by atoms with E-state index in [0.29, 0.717) is 33.4 Å². The minimum atomic E-state index is -0.229. The van der Waals surface area contributed by atoms with Gasteiger partial charge in [0.15, 0.2) is 5.78 Å². The van der Waals surface area contributed by atoms with Crippen molar-refractivity contribution in [3.63, 3.8) is 0 Å². The Morgan fingerprint density at radius 3 is 2.38 bits per heavy atom. The molecule has 2 aromatic carbocycles. The molecule has 6 nitrogen and oxygen atoms in total. The van der Waals surface area contributed by atoms with Gasteiger partial charge in [0, 0.05) is 12.2 Å². The first-order chi connectivity index (χ1) is 11.5. The van der Waals surface area contributed by atoms with Gasteiger partial charge in [-0.25, -0.2) is 0 Å². The molecule has 0 amide bonds. The number of aromatic hydroxyl groups is 1. The van der Waals surface area contributed by atoms with Crippen LogP contribution >= 0.6 is 0 Å². The minimum Gasteiger partial charge on any atom is -0.505 e. The van der Waals surface area contributed by atoms with Gasteiger partial charge in [0.1, 0.15) is 22.5 Å². The number of aliphatic hydroxyl groups is 1. The number of rotatable bonds is 5. The van der Waals surface area contributed by atoms with Crippen LogP contribution in [0.3, 0.4) is 0 Å². The number of aromatic nitrogens is 3. The van der Waals surface area contributed by atoms with E-state index >= 15 is 0 Å². The predicted molar refractivity (Wildman–Crippen MR) is 90.5 cm³/mol. The van der Waals surface area contributed by atoms with Gasteiger partial charge in [0.2, 0.25) is 0 Å². The molecule has 0 atom stereocenters. The second-order valence-electron chi connectivity index (χ2n) is 5.56. The third-order valence-corrected chi connectivity index (χ3v) is 3.70. The molecule has 1 heterocycles. The van der Waals surface area contributed by atoms with Crippen molar-refractivity contribution < 1.29 is 15.0 Å². The Morgan fingerprint density at radius 2 is 1.83 bits per heavy atom. The highest BCUT2D eigenvalue weighted by molar-refractivity contribution is 6.08. The number of hydrogen-bond donors (Lipinski definition) is 2. The zero-order valence-electron chi connectivity index (χ0n) is 13.2. The van der Waals surface area contributed by atoms with E-state index in [9.17, 15) is 15.0 Å². The van der Waals surface area contributed by atoms with Gasteiger partial charge >= 0.3 is 0 Å². The lowest BCUT2D eigenvalue weighted by atomic mass is 10.00. The molecule has 2 N–H and O–H groups in total. The van der Waals surface area contributed by atoms with E-state index in [0.717, 1.165) is 0 Å². The summed E-state index contributed by atoms with van der Waals surface area (Å²) in [5.41, 5.74) is 2.87.